The molecule has 156 valence electrons. The number of pyridine rings is 1. The van der Waals surface area contributed by atoms with Crippen molar-refractivity contribution in [3.05, 3.63) is 93.1 Å². The van der Waals surface area contributed by atoms with E-state index >= 15 is 0 Å². The Morgan fingerprint density at radius 2 is 1.84 bits per heavy atom. The fourth-order valence-electron chi connectivity index (χ4n) is 2.89. The molecule has 0 atom stereocenters. The molecule has 2 heterocycles. The molecule has 1 amide bonds. The number of carbonyl (C=O) groups excluding carboxylic acids is 1. The number of hydrogen-bond donors (Lipinski definition) is 1. The van der Waals surface area contributed by atoms with Crippen molar-refractivity contribution in [2.24, 2.45) is 0 Å². The van der Waals surface area contributed by atoms with Gasteiger partial charge in [-0.25, -0.2) is 4.39 Å². The van der Waals surface area contributed by atoms with Crippen molar-refractivity contribution in [2.75, 3.05) is 0 Å². The largest absolute Gasteiger partial charge is 0.350 e. The van der Waals surface area contributed by atoms with Crippen LogP contribution in [0.15, 0.2) is 80.7 Å². The van der Waals surface area contributed by atoms with Crippen molar-refractivity contribution in [1.29, 1.82) is 0 Å². The number of nitrogens with zero attached hydrogens (tertiary/aromatic N) is 3. The number of amides is 1. The second-order valence-electron chi connectivity index (χ2n) is 6.69. The molecule has 0 fully saturated rings. The van der Waals surface area contributed by atoms with Crippen molar-refractivity contribution < 1.29 is 13.7 Å². The summed E-state index contributed by atoms with van der Waals surface area (Å²) in [4.78, 5) is 29.4. The molecule has 0 saturated carbocycles. The number of benzene rings is 2. The lowest BCUT2D eigenvalue weighted by Crippen LogP contribution is -2.32. The second-order valence-corrected chi connectivity index (χ2v) is 7.60. The third kappa shape index (κ3) is 4.95. The molecular formula is C22H16BrFN4O3. The predicted molar refractivity (Wildman–Crippen MR) is 115 cm³/mol. The van der Waals surface area contributed by atoms with Crippen molar-refractivity contribution in [2.45, 2.75) is 13.1 Å². The number of hydrogen-bond acceptors (Lipinski definition) is 5. The first-order chi connectivity index (χ1) is 15.0. The topological polar surface area (TPSA) is 90.0 Å². The zero-order valence-corrected chi connectivity index (χ0v) is 17.7. The van der Waals surface area contributed by atoms with Gasteiger partial charge >= 0.3 is 0 Å². The monoisotopic (exact) mass is 482 g/mol. The van der Waals surface area contributed by atoms with Gasteiger partial charge in [-0.2, -0.15) is 4.98 Å². The quantitative estimate of drug-likeness (QED) is 0.451. The van der Waals surface area contributed by atoms with Gasteiger partial charge < -0.3 is 14.4 Å². The molecule has 0 radical (unpaired) electrons. The van der Waals surface area contributed by atoms with E-state index < -0.39 is 5.56 Å². The highest BCUT2D eigenvalue weighted by atomic mass is 79.9. The number of carbonyl (C=O) groups is 1. The molecule has 0 aliphatic heterocycles. The van der Waals surface area contributed by atoms with Crippen LogP contribution in [0.4, 0.5) is 4.39 Å². The van der Waals surface area contributed by atoms with E-state index in [0.717, 1.165) is 15.6 Å². The van der Waals surface area contributed by atoms with Gasteiger partial charge in [0.2, 0.25) is 11.7 Å². The molecule has 0 bridgehead atoms. The van der Waals surface area contributed by atoms with Crippen LogP contribution in [0, 0.1) is 5.82 Å². The maximum absolute atomic E-state index is 13.0. The highest BCUT2D eigenvalue weighted by molar-refractivity contribution is 9.10. The lowest BCUT2D eigenvalue weighted by atomic mass is 10.2. The molecule has 9 heteroatoms. The minimum atomic E-state index is -0.426. The Bertz CT molecular complexity index is 1270. The first kappa shape index (κ1) is 20.7. The standard InChI is InChI=1S/C22H16BrFN4O3/c23-16-7-5-15(6-8-16)20-26-21(31-27-20)18-2-1-11-28(22(18)30)13-19(29)25-12-14-3-9-17(24)10-4-14/h1-11H,12-13H2,(H,25,29). The number of rotatable bonds is 6. The van der Waals surface area contributed by atoms with E-state index in [1.165, 1.54) is 22.9 Å². The van der Waals surface area contributed by atoms with Crippen LogP contribution >= 0.6 is 15.9 Å². The van der Waals surface area contributed by atoms with Gasteiger partial charge in [-0.15, -0.1) is 0 Å². The molecular weight excluding hydrogens is 467 g/mol. The lowest BCUT2D eigenvalue weighted by Gasteiger charge is -2.08. The van der Waals surface area contributed by atoms with E-state index in [1.54, 1.807) is 24.3 Å². The minimum Gasteiger partial charge on any atom is -0.350 e. The summed E-state index contributed by atoms with van der Waals surface area (Å²) >= 11 is 3.37. The van der Waals surface area contributed by atoms with Gasteiger partial charge in [0.25, 0.3) is 11.4 Å². The zero-order valence-electron chi connectivity index (χ0n) is 16.1. The van der Waals surface area contributed by atoms with Gasteiger partial charge in [-0.05, 0) is 54.1 Å². The summed E-state index contributed by atoms with van der Waals surface area (Å²) in [5.74, 6) is -0.272. The van der Waals surface area contributed by atoms with Crippen molar-refractivity contribution in [3.8, 4) is 22.8 Å². The molecule has 0 aliphatic rings. The maximum Gasteiger partial charge on any atom is 0.263 e. The molecule has 7 nitrogen and oxygen atoms in total. The SMILES string of the molecule is O=C(Cn1cccc(-c2nc(-c3ccc(Br)cc3)no2)c1=O)NCc1ccc(F)cc1. The van der Waals surface area contributed by atoms with Crippen LogP contribution in [-0.2, 0) is 17.9 Å². The van der Waals surface area contributed by atoms with Crippen molar-refractivity contribution in [3.63, 3.8) is 0 Å². The van der Waals surface area contributed by atoms with Crippen molar-refractivity contribution in [1.82, 2.24) is 20.0 Å². The van der Waals surface area contributed by atoms with Crippen molar-refractivity contribution >= 4 is 21.8 Å². The van der Waals surface area contributed by atoms with Crippen LogP contribution in [0.2, 0.25) is 0 Å². The Hall–Kier alpha value is -3.59. The smallest absolute Gasteiger partial charge is 0.263 e. The van der Waals surface area contributed by atoms with Gasteiger partial charge in [0.05, 0.1) is 0 Å². The van der Waals surface area contributed by atoms with Crippen LogP contribution in [0.3, 0.4) is 0 Å². The Kier molecular flexibility index (Phi) is 6.03. The lowest BCUT2D eigenvalue weighted by molar-refractivity contribution is -0.121. The third-order valence-corrected chi connectivity index (χ3v) is 5.02. The van der Waals surface area contributed by atoms with Gasteiger partial charge in [-0.1, -0.05) is 33.2 Å². The third-order valence-electron chi connectivity index (χ3n) is 4.50. The highest BCUT2D eigenvalue weighted by Gasteiger charge is 2.16. The Morgan fingerprint density at radius 3 is 2.58 bits per heavy atom. The predicted octanol–water partition coefficient (Wildman–Crippen LogP) is 3.78. The van der Waals surface area contributed by atoms with Gasteiger partial charge in [0.1, 0.15) is 17.9 Å². The maximum atomic E-state index is 13.0. The Balaban J connectivity index is 1.48. The fourth-order valence-corrected chi connectivity index (χ4v) is 3.15. The molecule has 4 rings (SSSR count). The van der Waals surface area contributed by atoms with E-state index in [9.17, 15) is 14.0 Å². The first-order valence-electron chi connectivity index (χ1n) is 9.30. The highest BCUT2D eigenvalue weighted by Crippen LogP contribution is 2.21. The summed E-state index contributed by atoms with van der Waals surface area (Å²) in [5, 5.41) is 6.64. The number of halogens is 2. The molecule has 31 heavy (non-hydrogen) atoms. The summed E-state index contributed by atoms with van der Waals surface area (Å²) in [6.07, 6.45) is 1.51. The van der Waals surface area contributed by atoms with E-state index in [4.69, 9.17) is 4.52 Å². The average molecular weight is 483 g/mol. The van der Waals surface area contributed by atoms with Gasteiger partial charge in [-0.3, -0.25) is 9.59 Å². The molecule has 4 aromatic rings. The van der Waals surface area contributed by atoms with E-state index in [1.807, 2.05) is 24.3 Å². The van der Waals surface area contributed by atoms with E-state index in [0.29, 0.717) is 5.82 Å². The molecule has 1 N–H and O–H groups in total. The van der Waals surface area contributed by atoms with Gasteiger partial charge in [0.15, 0.2) is 0 Å². The Labute approximate surface area is 184 Å². The molecule has 0 unspecified atom stereocenters. The zero-order chi connectivity index (χ0) is 21.8. The minimum absolute atomic E-state index is 0.0731. The van der Waals surface area contributed by atoms with E-state index in [-0.39, 0.29) is 36.3 Å². The summed E-state index contributed by atoms with van der Waals surface area (Å²) in [5.41, 5.74) is 1.27. The molecule has 0 spiro atoms. The van der Waals surface area contributed by atoms with E-state index in [2.05, 4.69) is 31.4 Å². The van der Waals surface area contributed by atoms with Crippen LogP contribution in [0.25, 0.3) is 22.8 Å². The van der Waals surface area contributed by atoms with Crippen LogP contribution in [-0.4, -0.2) is 20.6 Å². The molecule has 2 aromatic heterocycles. The normalized spacial score (nSPS) is 10.8. The molecule has 0 aliphatic carbocycles. The molecule has 0 saturated heterocycles. The summed E-state index contributed by atoms with van der Waals surface area (Å²) < 4.78 is 20.4. The molecule has 2 aromatic carbocycles. The summed E-state index contributed by atoms with van der Waals surface area (Å²) in [7, 11) is 0. The van der Waals surface area contributed by atoms with Crippen LogP contribution < -0.4 is 10.9 Å². The summed E-state index contributed by atoms with van der Waals surface area (Å²) in [6.45, 7) is 0.0509. The van der Waals surface area contributed by atoms with Crippen LogP contribution in [0.5, 0.6) is 0 Å². The average Bonchev–Trinajstić information content (AvgIpc) is 3.25. The summed E-state index contributed by atoms with van der Waals surface area (Å²) in [6, 6.07) is 16.4. The van der Waals surface area contributed by atoms with Crippen LogP contribution in [0.1, 0.15) is 5.56 Å². The second kappa shape index (κ2) is 9.05. The first-order valence-corrected chi connectivity index (χ1v) is 10.1. The van der Waals surface area contributed by atoms with Gasteiger partial charge in [0, 0.05) is 22.8 Å². The number of nitrogens with one attached hydrogen (secondary N) is 1. The fraction of sp³-hybridized carbons (Fsp3) is 0.0909. The Morgan fingerprint density at radius 1 is 1.10 bits per heavy atom. The number of aromatic nitrogens is 3.